The fraction of sp³-hybridized carbons (Fsp3) is 0.727. The van der Waals surface area contributed by atoms with Gasteiger partial charge in [0.05, 0.1) is 0 Å². The average Bonchev–Trinajstić information content (AvgIpc) is 2.10. The maximum atomic E-state index is 11.7. The van der Waals surface area contributed by atoms with Gasteiger partial charge < -0.3 is 10.1 Å². The summed E-state index contributed by atoms with van der Waals surface area (Å²) >= 11 is 0. The summed E-state index contributed by atoms with van der Waals surface area (Å²) in [5.74, 6) is 0.756. The van der Waals surface area contributed by atoms with Crippen LogP contribution in [0.15, 0.2) is 11.9 Å². The van der Waals surface area contributed by atoms with Gasteiger partial charge in [0, 0.05) is 14.1 Å². The number of hydrogen-bond donors (Lipinski definition) is 1. The Morgan fingerprint density at radius 3 is 2.33 bits per heavy atom. The van der Waals surface area contributed by atoms with Gasteiger partial charge in [0.15, 0.2) is 0 Å². The second-order valence-electron chi connectivity index (χ2n) is 4.29. The Bertz CT molecular complexity index is 241. The Kier molecular flexibility index (Phi) is 5.19. The van der Waals surface area contributed by atoms with E-state index < -0.39 is 5.60 Å². The van der Waals surface area contributed by atoms with Crippen LogP contribution in [0.2, 0.25) is 0 Å². The number of rotatable bonds is 3. The van der Waals surface area contributed by atoms with Crippen molar-refractivity contribution in [2.24, 2.45) is 0 Å². The van der Waals surface area contributed by atoms with E-state index in [4.69, 9.17) is 4.74 Å². The van der Waals surface area contributed by atoms with Crippen LogP contribution in [0.3, 0.4) is 0 Å². The van der Waals surface area contributed by atoms with Gasteiger partial charge in [0.2, 0.25) is 0 Å². The molecule has 1 N–H and O–H groups in total. The van der Waals surface area contributed by atoms with E-state index >= 15 is 0 Å². The summed E-state index contributed by atoms with van der Waals surface area (Å²) in [5, 5.41) is 2.96. The van der Waals surface area contributed by atoms with E-state index in [1.54, 1.807) is 14.1 Å². The second kappa shape index (κ2) is 5.63. The van der Waals surface area contributed by atoms with Crippen LogP contribution >= 0.6 is 0 Å². The van der Waals surface area contributed by atoms with E-state index in [1.165, 1.54) is 4.90 Å². The predicted octanol–water partition coefficient (Wildman–Crippen LogP) is 2.32. The minimum Gasteiger partial charge on any atom is -0.443 e. The molecule has 0 aromatic heterocycles. The quantitative estimate of drug-likeness (QED) is 0.784. The number of nitrogens with one attached hydrogen (secondary N) is 1. The summed E-state index contributed by atoms with van der Waals surface area (Å²) in [6.07, 6.45) is 2.45. The molecule has 0 rings (SSSR count). The third-order valence-corrected chi connectivity index (χ3v) is 1.68. The topological polar surface area (TPSA) is 41.6 Å². The van der Waals surface area contributed by atoms with Gasteiger partial charge in [0.25, 0.3) is 0 Å². The highest BCUT2D eigenvalue weighted by Crippen LogP contribution is 2.11. The van der Waals surface area contributed by atoms with Crippen LogP contribution in [0.4, 0.5) is 4.79 Å². The molecule has 0 bridgehead atoms. The van der Waals surface area contributed by atoms with Crippen molar-refractivity contribution in [1.82, 2.24) is 10.2 Å². The standard InChI is InChI=1S/C11H22N2O2/c1-7-8-9(12-5)13(6)10(14)15-11(2,3)4/h8,12H,7H2,1-6H3/b9-8+. The first-order valence-electron chi connectivity index (χ1n) is 5.16. The highest BCUT2D eigenvalue weighted by Gasteiger charge is 2.20. The number of carbonyl (C=O) groups excluding carboxylic acids is 1. The Balaban J connectivity index is 4.49. The van der Waals surface area contributed by atoms with Crippen molar-refractivity contribution in [2.75, 3.05) is 14.1 Å². The maximum absolute atomic E-state index is 11.7. The van der Waals surface area contributed by atoms with E-state index in [9.17, 15) is 4.79 Å². The monoisotopic (exact) mass is 214 g/mol. The lowest BCUT2D eigenvalue weighted by molar-refractivity contribution is 0.0344. The largest absolute Gasteiger partial charge is 0.443 e. The van der Waals surface area contributed by atoms with Crippen molar-refractivity contribution < 1.29 is 9.53 Å². The lowest BCUT2D eigenvalue weighted by atomic mass is 10.2. The Labute approximate surface area is 92.3 Å². The van der Waals surface area contributed by atoms with Crippen molar-refractivity contribution in [3.05, 3.63) is 11.9 Å². The van der Waals surface area contributed by atoms with E-state index in [1.807, 2.05) is 33.8 Å². The predicted molar refractivity (Wildman–Crippen MR) is 61.4 cm³/mol. The summed E-state index contributed by atoms with van der Waals surface area (Å²) in [7, 11) is 3.47. The van der Waals surface area contributed by atoms with Crippen LogP contribution in [-0.4, -0.2) is 30.7 Å². The van der Waals surface area contributed by atoms with Crippen molar-refractivity contribution in [3.8, 4) is 0 Å². The lowest BCUT2D eigenvalue weighted by Gasteiger charge is -2.26. The number of hydrogen-bond acceptors (Lipinski definition) is 3. The van der Waals surface area contributed by atoms with Crippen LogP contribution in [0.1, 0.15) is 34.1 Å². The molecule has 0 saturated heterocycles. The molecule has 0 aliphatic rings. The molecule has 0 spiro atoms. The van der Waals surface area contributed by atoms with Gasteiger partial charge in [0.1, 0.15) is 11.4 Å². The van der Waals surface area contributed by atoms with E-state index in [0.717, 1.165) is 12.2 Å². The fourth-order valence-corrected chi connectivity index (χ4v) is 1.03. The normalized spacial score (nSPS) is 12.3. The first kappa shape index (κ1) is 13.8. The second-order valence-corrected chi connectivity index (χ2v) is 4.29. The molecule has 0 aromatic rings. The SMILES string of the molecule is CC/C=C(\NC)N(C)C(=O)OC(C)(C)C. The molecule has 0 radical (unpaired) electrons. The molecule has 0 atom stereocenters. The molecule has 0 heterocycles. The van der Waals surface area contributed by atoms with Gasteiger partial charge in [-0.2, -0.15) is 0 Å². The molecule has 0 aliphatic heterocycles. The van der Waals surface area contributed by atoms with Gasteiger partial charge in [-0.15, -0.1) is 0 Å². The number of ether oxygens (including phenoxy) is 1. The first-order valence-corrected chi connectivity index (χ1v) is 5.16. The number of allylic oxidation sites excluding steroid dienone is 1. The fourth-order valence-electron chi connectivity index (χ4n) is 1.03. The smallest absolute Gasteiger partial charge is 0.415 e. The van der Waals surface area contributed by atoms with Crippen molar-refractivity contribution in [1.29, 1.82) is 0 Å². The van der Waals surface area contributed by atoms with Gasteiger partial charge in [-0.05, 0) is 33.3 Å². The van der Waals surface area contributed by atoms with Crippen LogP contribution in [0.25, 0.3) is 0 Å². The molecule has 4 heteroatoms. The number of carbonyl (C=O) groups is 1. The molecule has 0 unspecified atom stereocenters. The summed E-state index contributed by atoms with van der Waals surface area (Å²) in [6, 6.07) is 0. The summed E-state index contributed by atoms with van der Waals surface area (Å²) < 4.78 is 5.23. The third-order valence-electron chi connectivity index (χ3n) is 1.68. The third kappa shape index (κ3) is 5.30. The first-order chi connectivity index (χ1) is 6.81. The lowest BCUT2D eigenvalue weighted by Crippen LogP contribution is -2.37. The molecule has 0 aromatic carbocycles. The van der Waals surface area contributed by atoms with Crippen LogP contribution < -0.4 is 5.32 Å². The minimum absolute atomic E-state index is 0.350. The molecule has 0 fully saturated rings. The zero-order valence-electron chi connectivity index (χ0n) is 10.5. The highest BCUT2D eigenvalue weighted by atomic mass is 16.6. The highest BCUT2D eigenvalue weighted by molar-refractivity contribution is 5.69. The minimum atomic E-state index is -0.462. The van der Waals surface area contributed by atoms with Gasteiger partial charge >= 0.3 is 6.09 Å². The number of amides is 1. The van der Waals surface area contributed by atoms with Crippen molar-refractivity contribution >= 4 is 6.09 Å². The van der Waals surface area contributed by atoms with Gasteiger partial charge in [-0.3, -0.25) is 4.90 Å². The van der Waals surface area contributed by atoms with Crippen LogP contribution in [-0.2, 0) is 4.74 Å². The van der Waals surface area contributed by atoms with Crippen LogP contribution in [0, 0.1) is 0 Å². The molecule has 4 nitrogen and oxygen atoms in total. The van der Waals surface area contributed by atoms with E-state index in [2.05, 4.69) is 5.32 Å². The zero-order valence-corrected chi connectivity index (χ0v) is 10.5. The molecule has 15 heavy (non-hydrogen) atoms. The Morgan fingerprint density at radius 2 is 2.00 bits per heavy atom. The molecular formula is C11H22N2O2. The molecule has 0 aliphatic carbocycles. The van der Waals surface area contributed by atoms with Crippen molar-refractivity contribution in [3.63, 3.8) is 0 Å². The summed E-state index contributed by atoms with van der Waals surface area (Å²) in [4.78, 5) is 13.1. The van der Waals surface area contributed by atoms with Gasteiger partial charge in [-0.25, -0.2) is 4.79 Å². The molecule has 1 amide bonds. The van der Waals surface area contributed by atoms with Crippen LogP contribution in [0.5, 0.6) is 0 Å². The number of nitrogens with zero attached hydrogens (tertiary/aromatic N) is 1. The molecule has 88 valence electrons. The zero-order chi connectivity index (χ0) is 12.1. The Morgan fingerprint density at radius 1 is 1.47 bits per heavy atom. The maximum Gasteiger partial charge on any atom is 0.415 e. The van der Waals surface area contributed by atoms with Gasteiger partial charge in [-0.1, -0.05) is 6.92 Å². The summed E-state index contributed by atoms with van der Waals surface area (Å²) in [5.41, 5.74) is -0.462. The average molecular weight is 214 g/mol. The van der Waals surface area contributed by atoms with E-state index in [0.29, 0.717) is 0 Å². The van der Waals surface area contributed by atoms with E-state index in [-0.39, 0.29) is 6.09 Å². The molecular weight excluding hydrogens is 192 g/mol. The summed E-state index contributed by atoms with van der Waals surface area (Å²) in [6.45, 7) is 7.56. The Hall–Kier alpha value is -1.19. The van der Waals surface area contributed by atoms with Crippen molar-refractivity contribution in [2.45, 2.75) is 39.7 Å². The molecule has 0 saturated carbocycles.